The van der Waals surface area contributed by atoms with Gasteiger partial charge in [-0.1, -0.05) is 30.3 Å². The molecule has 176 valence electrons. The summed E-state index contributed by atoms with van der Waals surface area (Å²) in [4.78, 5) is 21.7. The molecule has 8 heteroatoms. The van der Waals surface area contributed by atoms with Gasteiger partial charge >= 0.3 is 5.97 Å². The summed E-state index contributed by atoms with van der Waals surface area (Å²) in [7, 11) is 1.50. The summed E-state index contributed by atoms with van der Waals surface area (Å²) >= 11 is 0. The fourth-order valence-electron chi connectivity index (χ4n) is 3.44. The van der Waals surface area contributed by atoms with Gasteiger partial charge in [-0.25, -0.2) is 4.79 Å². The van der Waals surface area contributed by atoms with E-state index in [-0.39, 0.29) is 17.9 Å². The first-order chi connectivity index (χ1) is 16.9. The van der Waals surface area contributed by atoms with E-state index in [9.17, 15) is 20.2 Å². The second-order valence-corrected chi connectivity index (χ2v) is 7.47. The lowest BCUT2D eigenvalue weighted by Crippen LogP contribution is -2.02. The molecule has 35 heavy (non-hydrogen) atoms. The first-order valence-electron chi connectivity index (χ1n) is 10.5. The maximum absolute atomic E-state index is 11.1. The molecule has 3 aromatic rings. The zero-order valence-corrected chi connectivity index (χ0v) is 18.9. The van der Waals surface area contributed by atoms with Gasteiger partial charge in [0.2, 0.25) is 0 Å². The minimum Gasteiger partial charge on any atom is -0.493 e. The fourth-order valence-corrected chi connectivity index (χ4v) is 3.44. The number of carboxylic acids is 1. The number of hydrogen-bond donors (Lipinski definition) is 1. The highest BCUT2D eigenvalue weighted by atomic mass is 16.6. The lowest BCUT2D eigenvalue weighted by atomic mass is 10.00. The lowest BCUT2D eigenvalue weighted by molar-refractivity contribution is -0.384. The van der Waals surface area contributed by atoms with E-state index < -0.39 is 10.9 Å². The number of nitro benzene ring substituents is 1. The van der Waals surface area contributed by atoms with Gasteiger partial charge in [0.25, 0.3) is 5.69 Å². The Hall–Kier alpha value is -4.90. The van der Waals surface area contributed by atoms with Crippen LogP contribution in [0, 0.1) is 21.4 Å². The van der Waals surface area contributed by atoms with E-state index in [1.165, 1.54) is 31.4 Å². The van der Waals surface area contributed by atoms with Crippen molar-refractivity contribution < 1.29 is 24.3 Å². The van der Waals surface area contributed by atoms with Gasteiger partial charge in [-0.05, 0) is 53.5 Å². The molecule has 0 aliphatic heterocycles. The van der Waals surface area contributed by atoms with E-state index in [1.54, 1.807) is 42.5 Å². The molecule has 0 aromatic heterocycles. The minimum atomic E-state index is -1.04. The number of allylic oxidation sites excluding steroid dienone is 2. The number of non-ortho nitro benzene ring substituents is 1. The summed E-state index contributed by atoms with van der Waals surface area (Å²) in [5.41, 5.74) is 3.10. The minimum absolute atomic E-state index is 0.0229. The van der Waals surface area contributed by atoms with Crippen molar-refractivity contribution in [1.82, 2.24) is 0 Å². The summed E-state index contributed by atoms with van der Waals surface area (Å²) in [5, 5.41) is 29.8. The zero-order chi connectivity index (χ0) is 25.4. The number of rotatable bonds is 10. The van der Waals surface area contributed by atoms with Crippen LogP contribution < -0.4 is 9.47 Å². The number of methoxy groups -OCH3 is 1. The van der Waals surface area contributed by atoms with Gasteiger partial charge < -0.3 is 14.6 Å². The number of ether oxygens (including phenoxy) is 2. The third kappa shape index (κ3) is 6.12. The number of aromatic carboxylic acids is 1. The second kappa shape index (κ2) is 11.3. The Morgan fingerprint density at radius 3 is 2.49 bits per heavy atom. The molecular formula is C27H22N2O6. The van der Waals surface area contributed by atoms with E-state index >= 15 is 0 Å². The topological polar surface area (TPSA) is 123 Å². The Balaban J connectivity index is 1.96. The number of nitrogens with zero attached hydrogens (tertiary/aromatic N) is 2. The molecule has 0 aliphatic carbocycles. The van der Waals surface area contributed by atoms with Crippen molar-refractivity contribution in [3.8, 4) is 17.6 Å². The Bertz CT molecular complexity index is 1340. The largest absolute Gasteiger partial charge is 0.493 e. The van der Waals surface area contributed by atoms with E-state index in [1.807, 2.05) is 6.07 Å². The predicted molar refractivity (Wildman–Crippen MR) is 131 cm³/mol. The quantitative estimate of drug-likeness (QED) is 0.133. The van der Waals surface area contributed by atoms with Crippen molar-refractivity contribution in [3.63, 3.8) is 0 Å². The molecule has 0 bridgehead atoms. The molecule has 8 nitrogen and oxygen atoms in total. The number of nitriles is 1. The van der Waals surface area contributed by atoms with Gasteiger partial charge in [-0.2, -0.15) is 5.26 Å². The average Bonchev–Trinajstić information content (AvgIpc) is 2.86. The summed E-state index contributed by atoms with van der Waals surface area (Å²) < 4.78 is 11.5. The van der Waals surface area contributed by atoms with Crippen LogP contribution in [0.25, 0.3) is 11.6 Å². The van der Waals surface area contributed by atoms with Gasteiger partial charge in [-0.3, -0.25) is 10.1 Å². The molecule has 0 heterocycles. The van der Waals surface area contributed by atoms with Crippen LogP contribution in [0.2, 0.25) is 0 Å². The third-order valence-corrected chi connectivity index (χ3v) is 5.12. The highest BCUT2D eigenvalue weighted by Gasteiger charge is 2.14. The van der Waals surface area contributed by atoms with Crippen LogP contribution >= 0.6 is 0 Å². The summed E-state index contributed by atoms with van der Waals surface area (Å²) in [6.07, 6.45) is 3.84. The van der Waals surface area contributed by atoms with Crippen LogP contribution in [-0.2, 0) is 13.0 Å². The van der Waals surface area contributed by atoms with E-state index in [0.717, 1.165) is 5.56 Å². The Labute approximate surface area is 202 Å². The zero-order valence-electron chi connectivity index (χ0n) is 18.9. The molecule has 0 radical (unpaired) electrons. The van der Waals surface area contributed by atoms with Gasteiger partial charge in [0.1, 0.15) is 6.61 Å². The maximum atomic E-state index is 11.1. The van der Waals surface area contributed by atoms with Crippen molar-refractivity contribution in [3.05, 3.63) is 111 Å². The van der Waals surface area contributed by atoms with E-state index in [4.69, 9.17) is 14.6 Å². The molecule has 0 saturated carbocycles. The molecule has 3 rings (SSSR count). The van der Waals surface area contributed by atoms with Crippen molar-refractivity contribution in [2.45, 2.75) is 13.0 Å². The molecule has 0 spiro atoms. The summed E-state index contributed by atoms with van der Waals surface area (Å²) in [6, 6.07) is 17.9. The molecule has 3 aromatic carbocycles. The summed E-state index contributed by atoms with van der Waals surface area (Å²) in [6.45, 7) is 3.89. The molecule has 0 aliphatic rings. The molecular weight excluding hydrogens is 448 g/mol. The van der Waals surface area contributed by atoms with E-state index in [0.29, 0.717) is 40.2 Å². The Kier molecular flexibility index (Phi) is 7.98. The smallest absolute Gasteiger partial charge is 0.335 e. The van der Waals surface area contributed by atoms with Crippen LogP contribution in [0.4, 0.5) is 5.69 Å². The van der Waals surface area contributed by atoms with Crippen LogP contribution in [-0.4, -0.2) is 23.1 Å². The highest BCUT2D eigenvalue weighted by molar-refractivity contribution is 5.92. The number of carboxylic acid groups (broad SMARTS) is 1. The number of nitro groups is 1. The van der Waals surface area contributed by atoms with Crippen molar-refractivity contribution in [2.75, 3.05) is 7.11 Å². The monoisotopic (exact) mass is 470 g/mol. The SMILES string of the molecule is C=CCc1cc(/C=C(/C#N)c2ccc(C(=O)O)cc2)cc(OC)c1OCc1cccc([N+](=O)[O-])c1. The third-order valence-electron chi connectivity index (χ3n) is 5.12. The molecule has 0 fully saturated rings. The predicted octanol–water partition coefficient (Wildman–Crippen LogP) is 5.67. The number of hydrogen-bond acceptors (Lipinski definition) is 6. The Morgan fingerprint density at radius 1 is 1.17 bits per heavy atom. The number of carbonyl (C=O) groups is 1. The second-order valence-electron chi connectivity index (χ2n) is 7.47. The first-order valence-corrected chi connectivity index (χ1v) is 10.5. The van der Waals surface area contributed by atoms with Crippen molar-refractivity contribution >= 4 is 23.3 Å². The van der Waals surface area contributed by atoms with Crippen LogP contribution in [0.5, 0.6) is 11.5 Å². The molecule has 0 amide bonds. The normalized spacial score (nSPS) is 10.8. The van der Waals surface area contributed by atoms with Gasteiger partial charge in [0.15, 0.2) is 11.5 Å². The lowest BCUT2D eigenvalue weighted by Gasteiger charge is -2.16. The summed E-state index contributed by atoms with van der Waals surface area (Å²) in [5.74, 6) is -0.140. The molecule has 0 unspecified atom stereocenters. The highest BCUT2D eigenvalue weighted by Crippen LogP contribution is 2.35. The Morgan fingerprint density at radius 2 is 1.89 bits per heavy atom. The fraction of sp³-hybridized carbons (Fsp3) is 0.111. The van der Waals surface area contributed by atoms with E-state index in [2.05, 4.69) is 12.6 Å². The van der Waals surface area contributed by atoms with Crippen molar-refractivity contribution in [1.29, 1.82) is 5.26 Å². The average molecular weight is 470 g/mol. The maximum Gasteiger partial charge on any atom is 0.335 e. The molecule has 0 saturated heterocycles. The molecule has 1 N–H and O–H groups in total. The molecule has 0 atom stereocenters. The van der Waals surface area contributed by atoms with Gasteiger partial charge in [0, 0.05) is 17.7 Å². The standard InChI is InChI=1S/C27H22N2O6/c1-3-5-22-12-19(13-23(16-28)20-8-10-21(11-9-20)27(30)31)15-25(34-2)26(22)35-17-18-6-4-7-24(14-18)29(32)33/h3-4,6-15H,1,5,17H2,2H3,(H,30,31)/b23-13-. The van der Waals surface area contributed by atoms with Crippen molar-refractivity contribution in [2.24, 2.45) is 0 Å². The first kappa shape index (κ1) is 24.7. The van der Waals surface area contributed by atoms with Crippen LogP contribution in [0.15, 0.2) is 73.3 Å². The van der Waals surface area contributed by atoms with Crippen LogP contribution in [0.3, 0.4) is 0 Å². The van der Waals surface area contributed by atoms with Gasteiger partial charge in [0.05, 0.1) is 29.2 Å². The van der Waals surface area contributed by atoms with Crippen LogP contribution in [0.1, 0.15) is 32.6 Å². The van der Waals surface area contributed by atoms with Gasteiger partial charge in [-0.15, -0.1) is 6.58 Å². The number of benzene rings is 3.